The molecule has 82 valence electrons. The molecule has 14 heavy (non-hydrogen) atoms. The van der Waals surface area contributed by atoms with E-state index in [-0.39, 0.29) is 6.29 Å². The first-order valence-corrected chi connectivity index (χ1v) is 5.67. The largest absolute Gasteiger partial charge is 0.353 e. The summed E-state index contributed by atoms with van der Waals surface area (Å²) in [6.07, 6.45) is 5.34. The van der Waals surface area contributed by atoms with Crippen LogP contribution < -0.4 is 0 Å². The lowest BCUT2D eigenvalue weighted by molar-refractivity contribution is -0.171. The Kier molecular flexibility index (Phi) is 3.42. The van der Waals surface area contributed by atoms with Gasteiger partial charge in [-0.15, -0.1) is 0 Å². The molecule has 0 spiro atoms. The molecule has 0 aromatic heterocycles. The van der Waals surface area contributed by atoms with E-state index in [4.69, 9.17) is 9.47 Å². The average molecular weight is 199 g/mol. The predicted molar refractivity (Wildman–Crippen MR) is 55.1 cm³/mol. The summed E-state index contributed by atoms with van der Waals surface area (Å²) in [5, 5.41) is 0. The van der Waals surface area contributed by atoms with Gasteiger partial charge in [-0.25, -0.2) is 0 Å². The molecular weight excluding hydrogens is 178 g/mol. The SMILES string of the molecule is CN(C)C[C@@H]1C[C@H]1OC1CCCCO1. The third kappa shape index (κ3) is 2.94. The number of hydrogen-bond acceptors (Lipinski definition) is 3. The van der Waals surface area contributed by atoms with Gasteiger partial charge in [0.25, 0.3) is 0 Å². The zero-order chi connectivity index (χ0) is 9.97. The molecule has 1 saturated carbocycles. The second-order valence-electron chi connectivity index (χ2n) is 4.73. The van der Waals surface area contributed by atoms with Gasteiger partial charge in [0.2, 0.25) is 0 Å². The predicted octanol–water partition coefficient (Wildman–Crippen LogP) is 1.48. The fourth-order valence-corrected chi connectivity index (χ4v) is 2.06. The molecular formula is C11H21NO2. The zero-order valence-corrected chi connectivity index (χ0v) is 9.24. The van der Waals surface area contributed by atoms with Crippen molar-refractivity contribution >= 4 is 0 Å². The van der Waals surface area contributed by atoms with Crippen molar-refractivity contribution < 1.29 is 9.47 Å². The third-order valence-electron chi connectivity index (χ3n) is 2.92. The summed E-state index contributed by atoms with van der Waals surface area (Å²) in [5.74, 6) is 0.746. The molecule has 0 aromatic carbocycles. The zero-order valence-electron chi connectivity index (χ0n) is 9.24. The summed E-state index contributed by atoms with van der Waals surface area (Å²) in [6.45, 7) is 2.03. The normalized spacial score (nSPS) is 37.5. The molecule has 0 amide bonds. The van der Waals surface area contributed by atoms with Crippen LogP contribution in [-0.4, -0.2) is 44.5 Å². The van der Waals surface area contributed by atoms with Crippen molar-refractivity contribution in [1.82, 2.24) is 4.90 Å². The molecule has 1 saturated heterocycles. The smallest absolute Gasteiger partial charge is 0.157 e. The highest BCUT2D eigenvalue weighted by Gasteiger charge is 2.40. The topological polar surface area (TPSA) is 21.7 Å². The van der Waals surface area contributed by atoms with Gasteiger partial charge in [0, 0.05) is 19.1 Å². The number of ether oxygens (including phenoxy) is 2. The van der Waals surface area contributed by atoms with Crippen LogP contribution in [0.25, 0.3) is 0 Å². The van der Waals surface area contributed by atoms with E-state index in [1.54, 1.807) is 0 Å². The molecule has 0 N–H and O–H groups in total. The van der Waals surface area contributed by atoms with E-state index in [1.807, 2.05) is 0 Å². The van der Waals surface area contributed by atoms with Crippen molar-refractivity contribution in [2.75, 3.05) is 27.2 Å². The van der Waals surface area contributed by atoms with E-state index in [0.717, 1.165) is 25.5 Å². The highest BCUT2D eigenvalue weighted by atomic mass is 16.7. The molecule has 2 rings (SSSR count). The van der Waals surface area contributed by atoms with Gasteiger partial charge in [0.15, 0.2) is 6.29 Å². The minimum absolute atomic E-state index is 0.0981. The van der Waals surface area contributed by atoms with Gasteiger partial charge in [-0.3, -0.25) is 0 Å². The first kappa shape index (κ1) is 10.4. The first-order chi connectivity index (χ1) is 6.75. The second kappa shape index (κ2) is 4.60. The molecule has 1 aliphatic heterocycles. The van der Waals surface area contributed by atoms with Crippen LogP contribution in [0.15, 0.2) is 0 Å². The lowest BCUT2D eigenvalue weighted by Crippen LogP contribution is -2.25. The van der Waals surface area contributed by atoms with Crippen molar-refractivity contribution in [3.8, 4) is 0 Å². The molecule has 1 unspecified atom stereocenters. The van der Waals surface area contributed by atoms with Crippen LogP contribution in [0.5, 0.6) is 0 Å². The Hall–Kier alpha value is -0.120. The van der Waals surface area contributed by atoms with E-state index in [0.29, 0.717) is 6.10 Å². The summed E-state index contributed by atoms with van der Waals surface area (Å²) in [6, 6.07) is 0. The average Bonchev–Trinajstić information content (AvgIpc) is 2.84. The van der Waals surface area contributed by atoms with Gasteiger partial charge < -0.3 is 14.4 Å². The Morgan fingerprint density at radius 1 is 1.36 bits per heavy atom. The maximum Gasteiger partial charge on any atom is 0.157 e. The fraction of sp³-hybridized carbons (Fsp3) is 1.00. The highest BCUT2D eigenvalue weighted by Crippen LogP contribution is 2.36. The highest BCUT2D eigenvalue weighted by molar-refractivity contribution is 4.89. The lowest BCUT2D eigenvalue weighted by atomic mass is 10.2. The van der Waals surface area contributed by atoms with Crippen molar-refractivity contribution in [3.63, 3.8) is 0 Å². The van der Waals surface area contributed by atoms with Gasteiger partial charge in [-0.05, 0) is 39.8 Å². The second-order valence-corrected chi connectivity index (χ2v) is 4.73. The monoisotopic (exact) mass is 199 g/mol. The van der Waals surface area contributed by atoms with Crippen LogP contribution >= 0.6 is 0 Å². The number of rotatable bonds is 4. The van der Waals surface area contributed by atoms with Crippen LogP contribution in [0, 0.1) is 5.92 Å². The quantitative estimate of drug-likeness (QED) is 0.684. The van der Waals surface area contributed by atoms with Crippen LogP contribution in [0.4, 0.5) is 0 Å². The maximum atomic E-state index is 5.87. The van der Waals surface area contributed by atoms with Crippen molar-refractivity contribution in [2.24, 2.45) is 5.92 Å². The molecule has 1 heterocycles. The Balaban J connectivity index is 1.62. The Labute approximate surface area is 86.4 Å². The van der Waals surface area contributed by atoms with E-state index >= 15 is 0 Å². The Morgan fingerprint density at radius 3 is 2.86 bits per heavy atom. The van der Waals surface area contributed by atoms with Gasteiger partial charge in [-0.2, -0.15) is 0 Å². The molecule has 0 bridgehead atoms. The van der Waals surface area contributed by atoms with E-state index in [9.17, 15) is 0 Å². The molecule has 3 nitrogen and oxygen atoms in total. The molecule has 2 fully saturated rings. The van der Waals surface area contributed by atoms with Gasteiger partial charge in [0.05, 0.1) is 6.10 Å². The fourth-order valence-electron chi connectivity index (χ4n) is 2.06. The van der Waals surface area contributed by atoms with Crippen molar-refractivity contribution in [1.29, 1.82) is 0 Å². The molecule has 1 aliphatic carbocycles. The molecule has 2 aliphatic rings. The Morgan fingerprint density at radius 2 is 2.21 bits per heavy atom. The van der Waals surface area contributed by atoms with E-state index in [2.05, 4.69) is 19.0 Å². The molecule has 3 heteroatoms. The minimum atomic E-state index is 0.0981. The van der Waals surface area contributed by atoms with Crippen LogP contribution in [-0.2, 0) is 9.47 Å². The minimum Gasteiger partial charge on any atom is -0.353 e. The number of nitrogens with zero attached hydrogens (tertiary/aromatic N) is 1. The van der Waals surface area contributed by atoms with Gasteiger partial charge in [-0.1, -0.05) is 0 Å². The van der Waals surface area contributed by atoms with Gasteiger partial charge >= 0.3 is 0 Å². The van der Waals surface area contributed by atoms with Crippen molar-refractivity contribution in [3.05, 3.63) is 0 Å². The van der Waals surface area contributed by atoms with Crippen LogP contribution in [0.3, 0.4) is 0 Å². The summed E-state index contributed by atoms with van der Waals surface area (Å²) in [5.41, 5.74) is 0. The van der Waals surface area contributed by atoms with E-state index in [1.165, 1.54) is 19.3 Å². The summed E-state index contributed by atoms with van der Waals surface area (Å²) in [4.78, 5) is 2.23. The van der Waals surface area contributed by atoms with E-state index < -0.39 is 0 Å². The van der Waals surface area contributed by atoms with Crippen molar-refractivity contribution in [2.45, 2.75) is 38.1 Å². The van der Waals surface area contributed by atoms with Gasteiger partial charge in [0.1, 0.15) is 0 Å². The standard InChI is InChI=1S/C11H21NO2/c1-12(2)8-9-7-10(9)14-11-5-3-4-6-13-11/h9-11H,3-8H2,1-2H3/t9-,10+,11?/m0/s1. The molecule has 3 atom stereocenters. The lowest BCUT2D eigenvalue weighted by Gasteiger charge is -2.23. The first-order valence-electron chi connectivity index (χ1n) is 5.67. The van der Waals surface area contributed by atoms with Crippen LogP contribution in [0.1, 0.15) is 25.7 Å². The summed E-state index contributed by atoms with van der Waals surface area (Å²) >= 11 is 0. The third-order valence-corrected chi connectivity index (χ3v) is 2.92. The summed E-state index contributed by atoms with van der Waals surface area (Å²) < 4.78 is 11.4. The number of hydrogen-bond donors (Lipinski definition) is 0. The summed E-state index contributed by atoms with van der Waals surface area (Å²) in [7, 11) is 4.24. The Bertz CT molecular complexity index is 178. The van der Waals surface area contributed by atoms with Crippen LogP contribution in [0.2, 0.25) is 0 Å². The maximum absolute atomic E-state index is 5.87. The molecule has 0 aromatic rings. The molecule has 0 radical (unpaired) electrons.